The second-order valence-electron chi connectivity index (χ2n) is 6.84. The van der Waals surface area contributed by atoms with Gasteiger partial charge in [-0.05, 0) is 31.1 Å². The lowest BCUT2D eigenvalue weighted by atomic mass is 9.93. The summed E-state index contributed by atoms with van der Waals surface area (Å²) in [6, 6.07) is 8.78. The number of nitrogens with one attached hydrogen (secondary N) is 1. The van der Waals surface area contributed by atoms with Gasteiger partial charge >= 0.3 is 6.03 Å². The van der Waals surface area contributed by atoms with Crippen molar-refractivity contribution < 1.29 is 14.4 Å². The number of carbonyl (C=O) groups excluding carboxylic acids is 3. The molecule has 1 aliphatic carbocycles. The van der Waals surface area contributed by atoms with Gasteiger partial charge in [-0.1, -0.05) is 37.5 Å². The Morgan fingerprint density at radius 2 is 1.78 bits per heavy atom. The Morgan fingerprint density at radius 3 is 2.52 bits per heavy atom. The van der Waals surface area contributed by atoms with Gasteiger partial charge in [-0.3, -0.25) is 19.8 Å². The standard InChI is InChI=1S/C20H20N4O3/c25-18-17(11-14-12-21-23(13-14)15-7-3-1-4-8-15)19(26)24(20(27)22-18)16-9-5-2-6-10-16/h1,3-4,7-8,11-13,16H,2,5-6,9-10H2,(H,22,25,27)/b17-11-. The highest BCUT2D eigenvalue weighted by Gasteiger charge is 2.40. The van der Waals surface area contributed by atoms with Gasteiger partial charge in [0.05, 0.1) is 11.9 Å². The molecule has 0 spiro atoms. The van der Waals surface area contributed by atoms with E-state index in [1.165, 1.54) is 11.0 Å². The van der Waals surface area contributed by atoms with E-state index in [0.29, 0.717) is 5.56 Å². The summed E-state index contributed by atoms with van der Waals surface area (Å²) >= 11 is 0. The molecule has 7 nitrogen and oxygen atoms in total. The molecule has 2 fully saturated rings. The van der Waals surface area contributed by atoms with Crippen molar-refractivity contribution in [1.29, 1.82) is 0 Å². The fourth-order valence-corrected chi connectivity index (χ4v) is 3.64. The summed E-state index contributed by atoms with van der Waals surface area (Å²) in [4.78, 5) is 38.6. The summed E-state index contributed by atoms with van der Waals surface area (Å²) in [6.07, 6.45) is 9.47. The van der Waals surface area contributed by atoms with E-state index in [0.717, 1.165) is 37.8 Å². The maximum atomic E-state index is 12.9. The van der Waals surface area contributed by atoms with Crippen molar-refractivity contribution in [3.05, 3.63) is 53.9 Å². The molecule has 0 radical (unpaired) electrons. The first-order chi connectivity index (χ1) is 13.1. The van der Waals surface area contributed by atoms with Crippen LogP contribution < -0.4 is 5.32 Å². The molecule has 1 N–H and O–H groups in total. The molecule has 1 saturated carbocycles. The number of benzene rings is 1. The zero-order chi connectivity index (χ0) is 18.8. The third kappa shape index (κ3) is 3.40. The number of para-hydroxylation sites is 1. The Bertz CT molecular complexity index is 910. The molecule has 138 valence electrons. The molecular formula is C20H20N4O3. The number of amides is 4. The van der Waals surface area contributed by atoms with Crippen molar-refractivity contribution >= 4 is 23.9 Å². The minimum absolute atomic E-state index is 0.0345. The number of aromatic nitrogens is 2. The fraction of sp³-hybridized carbons (Fsp3) is 0.300. The average molecular weight is 364 g/mol. The van der Waals surface area contributed by atoms with E-state index in [2.05, 4.69) is 10.4 Å². The maximum Gasteiger partial charge on any atom is 0.331 e. The first-order valence-corrected chi connectivity index (χ1v) is 9.14. The predicted molar refractivity (Wildman–Crippen MR) is 98.8 cm³/mol. The van der Waals surface area contributed by atoms with E-state index in [1.54, 1.807) is 17.1 Å². The summed E-state index contributed by atoms with van der Waals surface area (Å²) in [5.74, 6) is -1.19. The Hall–Kier alpha value is -3.22. The van der Waals surface area contributed by atoms with Crippen molar-refractivity contribution in [3.8, 4) is 5.69 Å². The number of urea groups is 1. The van der Waals surface area contributed by atoms with Crippen LogP contribution in [0.15, 0.2) is 48.3 Å². The molecule has 27 heavy (non-hydrogen) atoms. The van der Waals surface area contributed by atoms with Crippen LogP contribution in [0.25, 0.3) is 11.8 Å². The van der Waals surface area contributed by atoms with Crippen LogP contribution in [-0.2, 0) is 9.59 Å². The lowest BCUT2D eigenvalue weighted by Crippen LogP contribution is -2.58. The van der Waals surface area contributed by atoms with Gasteiger partial charge in [0, 0.05) is 17.8 Å². The molecule has 1 aromatic carbocycles. The van der Waals surface area contributed by atoms with Gasteiger partial charge in [-0.15, -0.1) is 0 Å². The van der Waals surface area contributed by atoms with Crippen molar-refractivity contribution in [1.82, 2.24) is 20.0 Å². The van der Waals surface area contributed by atoms with Crippen LogP contribution in [0.5, 0.6) is 0 Å². The van der Waals surface area contributed by atoms with Crippen LogP contribution in [0.4, 0.5) is 4.79 Å². The topological polar surface area (TPSA) is 84.3 Å². The van der Waals surface area contributed by atoms with Gasteiger partial charge in [0.15, 0.2) is 0 Å². The van der Waals surface area contributed by atoms with Gasteiger partial charge < -0.3 is 0 Å². The number of nitrogens with zero attached hydrogens (tertiary/aromatic N) is 3. The van der Waals surface area contributed by atoms with Crippen LogP contribution in [-0.4, -0.2) is 38.6 Å². The third-order valence-corrected chi connectivity index (χ3v) is 5.01. The normalized spacial score (nSPS) is 20.2. The highest BCUT2D eigenvalue weighted by atomic mass is 16.2. The zero-order valence-corrected chi connectivity index (χ0v) is 14.8. The first-order valence-electron chi connectivity index (χ1n) is 9.14. The van der Waals surface area contributed by atoms with Gasteiger partial charge in [-0.25, -0.2) is 9.48 Å². The monoisotopic (exact) mass is 364 g/mol. The molecule has 2 aromatic rings. The minimum Gasteiger partial charge on any atom is -0.273 e. The van der Waals surface area contributed by atoms with Gasteiger partial charge in [-0.2, -0.15) is 5.10 Å². The molecular weight excluding hydrogens is 344 g/mol. The van der Waals surface area contributed by atoms with E-state index >= 15 is 0 Å². The van der Waals surface area contributed by atoms with Crippen LogP contribution in [0.2, 0.25) is 0 Å². The summed E-state index contributed by atoms with van der Waals surface area (Å²) in [6.45, 7) is 0. The number of carbonyl (C=O) groups is 3. The van der Waals surface area contributed by atoms with Crippen molar-refractivity contribution in [2.75, 3.05) is 0 Å². The molecule has 2 heterocycles. The molecule has 2 aliphatic rings. The molecule has 0 unspecified atom stereocenters. The van der Waals surface area contributed by atoms with E-state index in [9.17, 15) is 14.4 Å². The summed E-state index contributed by atoms with van der Waals surface area (Å²) < 4.78 is 1.67. The van der Waals surface area contributed by atoms with E-state index in [-0.39, 0.29) is 11.6 Å². The number of imide groups is 2. The quantitative estimate of drug-likeness (QED) is 0.670. The number of barbiturate groups is 1. The number of hydrogen-bond acceptors (Lipinski definition) is 4. The van der Waals surface area contributed by atoms with E-state index < -0.39 is 17.8 Å². The van der Waals surface area contributed by atoms with Crippen LogP contribution >= 0.6 is 0 Å². The molecule has 7 heteroatoms. The zero-order valence-electron chi connectivity index (χ0n) is 14.8. The predicted octanol–water partition coefficient (Wildman–Crippen LogP) is 2.67. The van der Waals surface area contributed by atoms with Crippen molar-refractivity contribution in [2.45, 2.75) is 38.1 Å². The second-order valence-corrected chi connectivity index (χ2v) is 6.84. The SMILES string of the molecule is O=C1NC(=O)N(C2CCCCC2)C(=O)/C1=C\c1cnn(-c2ccccc2)c1. The van der Waals surface area contributed by atoms with E-state index in [4.69, 9.17) is 0 Å². The molecule has 1 saturated heterocycles. The Balaban J connectivity index is 1.61. The largest absolute Gasteiger partial charge is 0.331 e. The number of rotatable bonds is 3. The molecule has 0 bridgehead atoms. The minimum atomic E-state index is -0.662. The molecule has 4 amide bonds. The lowest BCUT2D eigenvalue weighted by molar-refractivity contribution is -0.132. The maximum absolute atomic E-state index is 12.9. The molecule has 0 atom stereocenters. The van der Waals surface area contributed by atoms with Crippen molar-refractivity contribution in [2.24, 2.45) is 0 Å². The highest BCUT2D eigenvalue weighted by Crippen LogP contribution is 2.26. The fourth-order valence-electron chi connectivity index (χ4n) is 3.64. The summed E-state index contributed by atoms with van der Waals surface area (Å²) in [5.41, 5.74) is 1.46. The van der Waals surface area contributed by atoms with Crippen molar-refractivity contribution in [3.63, 3.8) is 0 Å². The Kier molecular flexibility index (Phi) is 4.58. The van der Waals surface area contributed by atoms with Gasteiger partial charge in [0.1, 0.15) is 5.57 Å². The lowest BCUT2D eigenvalue weighted by Gasteiger charge is -2.35. The third-order valence-electron chi connectivity index (χ3n) is 5.01. The van der Waals surface area contributed by atoms with E-state index in [1.807, 2.05) is 30.3 Å². The van der Waals surface area contributed by atoms with Crippen LogP contribution in [0.3, 0.4) is 0 Å². The molecule has 1 aromatic heterocycles. The first kappa shape index (κ1) is 17.2. The van der Waals surface area contributed by atoms with Gasteiger partial charge in [0.2, 0.25) is 0 Å². The average Bonchev–Trinajstić information content (AvgIpc) is 3.15. The summed E-state index contributed by atoms with van der Waals surface area (Å²) in [5, 5.41) is 6.57. The molecule has 4 rings (SSSR count). The smallest absolute Gasteiger partial charge is 0.273 e. The number of hydrogen-bond donors (Lipinski definition) is 1. The Labute approximate surface area is 156 Å². The Morgan fingerprint density at radius 1 is 1.04 bits per heavy atom. The van der Waals surface area contributed by atoms with Crippen LogP contribution in [0, 0.1) is 0 Å². The molecule has 1 aliphatic heterocycles. The van der Waals surface area contributed by atoms with Crippen LogP contribution in [0.1, 0.15) is 37.7 Å². The summed E-state index contributed by atoms with van der Waals surface area (Å²) in [7, 11) is 0. The van der Waals surface area contributed by atoms with Gasteiger partial charge in [0.25, 0.3) is 11.8 Å². The second kappa shape index (κ2) is 7.19. The highest BCUT2D eigenvalue weighted by molar-refractivity contribution is 6.31.